The number of amidine groups is 1. The molecule has 0 radical (unpaired) electrons. The highest BCUT2D eigenvalue weighted by atomic mass is 32.2. The average Bonchev–Trinajstić information content (AvgIpc) is 3.07. The normalized spacial score (nSPS) is 16.2. The lowest BCUT2D eigenvalue weighted by Gasteiger charge is -2.14. The summed E-state index contributed by atoms with van der Waals surface area (Å²) in [6.45, 7) is 9.49. The molecule has 1 saturated heterocycles. The molecule has 1 fully saturated rings. The summed E-state index contributed by atoms with van der Waals surface area (Å²) in [6, 6.07) is 11.9. The molecule has 0 unspecified atom stereocenters. The Morgan fingerprint density at radius 1 is 1.15 bits per heavy atom. The van der Waals surface area contributed by atoms with Crippen LogP contribution in [0.5, 0.6) is 11.5 Å². The molecule has 7 nitrogen and oxygen atoms in total. The van der Waals surface area contributed by atoms with E-state index in [1.807, 2.05) is 32.0 Å². The van der Waals surface area contributed by atoms with Crippen LogP contribution >= 0.6 is 11.8 Å². The number of amides is 1. The Hall–Kier alpha value is -3.26. The zero-order chi connectivity index (χ0) is 24.0. The third-order valence-electron chi connectivity index (χ3n) is 4.66. The largest absolute Gasteiger partial charge is 0.490 e. The zero-order valence-corrected chi connectivity index (χ0v) is 20.0. The number of likely N-dealkylation sites (N-methyl/N-ethyl adjacent to an activating group) is 1. The summed E-state index contributed by atoms with van der Waals surface area (Å²) >= 11 is 1.26. The van der Waals surface area contributed by atoms with Crippen molar-refractivity contribution < 1.29 is 24.2 Å². The van der Waals surface area contributed by atoms with Crippen LogP contribution in [-0.4, -0.2) is 46.8 Å². The number of rotatable bonds is 9. The number of nitrogens with zero attached hydrogens (tertiary/aromatic N) is 2. The summed E-state index contributed by atoms with van der Waals surface area (Å²) in [4.78, 5) is 30.9. The number of hydrogen-bond donors (Lipinski definition) is 1. The number of benzene rings is 2. The van der Waals surface area contributed by atoms with E-state index in [1.54, 1.807) is 23.1 Å². The predicted octanol–water partition coefficient (Wildman–Crippen LogP) is 5.44. The van der Waals surface area contributed by atoms with Crippen molar-refractivity contribution in [2.75, 3.05) is 19.8 Å². The fourth-order valence-corrected chi connectivity index (χ4v) is 4.16. The molecule has 1 amide bonds. The number of thioether (sulfide) groups is 1. The molecular weight excluding hydrogens is 440 g/mol. The maximum Gasteiger partial charge on any atom is 0.335 e. The number of carboxylic acids is 1. The quantitative estimate of drug-likeness (QED) is 0.493. The lowest BCUT2D eigenvalue weighted by atomic mass is 10.1. The third kappa shape index (κ3) is 6.16. The van der Waals surface area contributed by atoms with Crippen LogP contribution < -0.4 is 9.47 Å². The van der Waals surface area contributed by atoms with Crippen molar-refractivity contribution in [1.82, 2.24) is 4.90 Å². The van der Waals surface area contributed by atoms with Gasteiger partial charge in [-0.25, -0.2) is 9.79 Å². The van der Waals surface area contributed by atoms with E-state index in [4.69, 9.17) is 9.47 Å². The Bertz CT molecular complexity index is 1090. The molecule has 0 bridgehead atoms. The van der Waals surface area contributed by atoms with Crippen LogP contribution in [0.15, 0.2) is 52.4 Å². The number of aromatic carboxylic acids is 1. The van der Waals surface area contributed by atoms with Crippen LogP contribution in [0.1, 0.15) is 43.6 Å². The Morgan fingerprint density at radius 2 is 1.94 bits per heavy atom. The first-order valence-electron chi connectivity index (χ1n) is 10.9. The average molecular weight is 469 g/mol. The SMILES string of the molecule is CCOc1cc(/C=C2/SC(=Nc3cccc(C(=O)O)c3)N(CC)C2=O)ccc1OCC(C)C. The molecule has 2 aromatic rings. The molecule has 0 aliphatic carbocycles. The van der Waals surface area contributed by atoms with E-state index in [9.17, 15) is 14.7 Å². The van der Waals surface area contributed by atoms with E-state index in [0.29, 0.717) is 52.9 Å². The van der Waals surface area contributed by atoms with Gasteiger partial charge in [0, 0.05) is 6.54 Å². The molecule has 3 rings (SSSR count). The fraction of sp³-hybridized carbons (Fsp3) is 0.320. The maximum absolute atomic E-state index is 13.0. The fourth-order valence-electron chi connectivity index (χ4n) is 3.10. The van der Waals surface area contributed by atoms with Gasteiger partial charge in [-0.1, -0.05) is 26.0 Å². The summed E-state index contributed by atoms with van der Waals surface area (Å²) in [5.41, 5.74) is 1.44. The third-order valence-corrected chi connectivity index (χ3v) is 5.67. The first kappa shape index (κ1) is 24.4. The van der Waals surface area contributed by atoms with Gasteiger partial charge in [-0.05, 0) is 73.5 Å². The Balaban J connectivity index is 1.89. The van der Waals surface area contributed by atoms with Gasteiger partial charge in [0.15, 0.2) is 16.7 Å². The number of carbonyl (C=O) groups excluding carboxylic acids is 1. The molecule has 1 aliphatic heterocycles. The highest BCUT2D eigenvalue weighted by molar-refractivity contribution is 8.18. The summed E-state index contributed by atoms with van der Waals surface area (Å²) in [5, 5.41) is 9.72. The van der Waals surface area contributed by atoms with Crippen molar-refractivity contribution in [3.8, 4) is 11.5 Å². The van der Waals surface area contributed by atoms with Crippen LogP contribution in [0.4, 0.5) is 5.69 Å². The molecule has 1 aliphatic rings. The second-order valence-corrected chi connectivity index (χ2v) is 8.76. The smallest absolute Gasteiger partial charge is 0.335 e. The summed E-state index contributed by atoms with van der Waals surface area (Å²) in [7, 11) is 0. The van der Waals surface area contributed by atoms with E-state index >= 15 is 0 Å². The second kappa shape index (κ2) is 11.0. The van der Waals surface area contributed by atoms with E-state index in [2.05, 4.69) is 18.8 Å². The van der Waals surface area contributed by atoms with Crippen LogP contribution in [0.3, 0.4) is 0 Å². The molecule has 0 spiro atoms. The molecule has 8 heteroatoms. The van der Waals surface area contributed by atoms with Crippen LogP contribution in [-0.2, 0) is 4.79 Å². The number of ether oxygens (including phenoxy) is 2. The molecule has 2 aromatic carbocycles. The van der Waals surface area contributed by atoms with Crippen molar-refractivity contribution in [3.05, 3.63) is 58.5 Å². The van der Waals surface area contributed by atoms with E-state index in [1.165, 1.54) is 23.9 Å². The Morgan fingerprint density at radius 3 is 2.61 bits per heavy atom. The van der Waals surface area contributed by atoms with Crippen molar-refractivity contribution in [3.63, 3.8) is 0 Å². The maximum atomic E-state index is 13.0. The highest BCUT2D eigenvalue weighted by Crippen LogP contribution is 2.36. The van der Waals surface area contributed by atoms with E-state index in [0.717, 1.165) is 5.56 Å². The molecule has 0 atom stereocenters. The van der Waals surface area contributed by atoms with Gasteiger partial charge in [-0.3, -0.25) is 9.69 Å². The number of aliphatic imine (C=N–C) groups is 1. The molecule has 174 valence electrons. The molecule has 1 heterocycles. The van der Waals surface area contributed by atoms with Gasteiger partial charge in [-0.2, -0.15) is 0 Å². The summed E-state index contributed by atoms with van der Waals surface area (Å²) in [5.74, 6) is 0.533. The first-order chi connectivity index (χ1) is 15.8. The molecule has 0 saturated carbocycles. The summed E-state index contributed by atoms with van der Waals surface area (Å²) < 4.78 is 11.6. The number of carboxylic acid groups (broad SMARTS) is 1. The predicted molar refractivity (Wildman–Crippen MR) is 131 cm³/mol. The van der Waals surface area contributed by atoms with Gasteiger partial charge in [0.1, 0.15) is 0 Å². The van der Waals surface area contributed by atoms with Crippen LogP contribution in [0, 0.1) is 5.92 Å². The van der Waals surface area contributed by atoms with Crippen molar-refractivity contribution in [2.24, 2.45) is 10.9 Å². The minimum absolute atomic E-state index is 0.145. The van der Waals surface area contributed by atoms with Crippen molar-refractivity contribution in [1.29, 1.82) is 0 Å². The van der Waals surface area contributed by atoms with Gasteiger partial charge < -0.3 is 14.6 Å². The Labute approximate surface area is 198 Å². The van der Waals surface area contributed by atoms with Crippen molar-refractivity contribution >= 4 is 40.6 Å². The molecule has 0 aromatic heterocycles. The van der Waals surface area contributed by atoms with Crippen LogP contribution in [0.2, 0.25) is 0 Å². The lowest BCUT2D eigenvalue weighted by molar-refractivity contribution is -0.122. The highest BCUT2D eigenvalue weighted by Gasteiger charge is 2.32. The van der Waals surface area contributed by atoms with E-state index < -0.39 is 5.97 Å². The topological polar surface area (TPSA) is 88.4 Å². The lowest BCUT2D eigenvalue weighted by Crippen LogP contribution is -2.28. The monoisotopic (exact) mass is 468 g/mol. The van der Waals surface area contributed by atoms with Gasteiger partial charge >= 0.3 is 5.97 Å². The van der Waals surface area contributed by atoms with Gasteiger partial charge in [0.25, 0.3) is 5.91 Å². The molecule has 1 N–H and O–H groups in total. The van der Waals surface area contributed by atoms with E-state index in [-0.39, 0.29) is 11.5 Å². The molecular formula is C25H28N2O5S. The second-order valence-electron chi connectivity index (χ2n) is 7.75. The van der Waals surface area contributed by atoms with Crippen LogP contribution in [0.25, 0.3) is 6.08 Å². The van der Waals surface area contributed by atoms with Gasteiger partial charge in [0.2, 0.25) is 0 Å². The standard InChI is InChI=1S/C25H28N2O5S/c1-5-27-23(28)22(33-25(27)26-19-9-7-8-18(14-19)24(29)30)13-17-10-11-20(32-15-16(3)4)21(12-17)31-6-2/h7-14,16H,5-6,15H2,1-4H3,(H,29,30)/b22-13+,26-25?. The summed E-state index contributed by atoms with van der Waals surface area (Å²) in [6.07, 6.45) is 1.81. The minimum atomic E-state index is -1.02. The first-order valence-corrected chi connectivity index (χ1v) is 11.7. The van der Waals surface area contributed by atoms with Gasteiger partial charge in [-0.15, -0.1) is 0 Å². The van der Waals surface area contributed by atoms with Gasteiger partial charge in [0.05, 0.1) is 29.4 Å². The number of hydrogen-bond acceptors (Lipinski definition) is 6. The zero-order valence-electron chi connectivity index (χ0n) is 19.2. The Kier molecular flexibility index (Phi) is 8.16. The minimum Gasteiger partial charge on any atom is -0.490 e. The number of carbonyl (C=O) groups is 2. The van der Waals surface area contributed by atoms with Crippen molar-refractivity contribution in [2.45, 2.75) is 27.7 Å². The molecule has 33 heavy (non-hydrogen) atoms.